The Labute approximate surface area is 115 Å². The molecule has 0 radical (unpaired) electrons. The van der Waals surface area contributed by atoms with E-state index >= 15 is 0 Å². The molecule has 0 amide bonds. The summed E-state index contributed by atoms with van der Waals surface area (Å²) in [7, 11) is 3.36. The molecule has 2 atom stereocenters. The van der Waals surface area contributed by atoms with Crippen LogP contribution >= 0.6 is 0 Å². The van der Waals surface area contributed by atoms with Gasteiger partial charge >= 0.3 is 0 Å². The molecule has 1 heterocycles. The first-order valence-corrected chi connectivity index (χ1v) is 6.70. The van der Waals surface area contributed by atoms with E-state index in [0.717, 1.165) is 31.1 Å². The van der Waals surface area contributed by atoms with Crippen LogP contribution in [0.25, 0.3) is 0 Å². The lowest BCUT2D eigenvalue weighted by Gasteiger charge is -2.35. The van der Waals surface area contributed by atoms with Crippen LogP contribution in [0.2, 0.25) is 0 Å². The molecule has 2 rings (SSSR count). The van der Waals surface area contributed by atoms with Gasteiger partial charge in [0.1, 0.15) is 11.5 Å². The number of benzene rings is 1. The first-order chi connectivity index (χ1) is 9.10. The predicted molar refractivity (Wildman–Crippen MR) is 74.8 cm³/mol. The third-order valence-corrected chi connectivity index (χ3v) is 3.31. The summed E-state index contributed by atoms with van der Waals surface area (Å²) in [5.41, 5.74) is 1.21. The first kappa shape index (κ1) is 14.2. The zero-order chi connectivity index (χ0) is 13.8. The summed E-state index contributed by atoms with van der Waals surface area (Å²) in [6.45, 7) is 7.06. The van der Waals surface area contributed by atoms with Crippen molar-refractivity contribution in [1.82, 2.24) is 4.90 Å². The number of hydrogen-bond donors (Lipinski definition) is 0. The lowest BCUT2D eigenvalue weighted by Crippen LogP contribution is -2.44. The molecule has 1 aliphatic heterocycles. The van der Waals surface area contributed by atoms with Crippen LogP contribution in [0.1, 0.15) is 19.4 Å². The van der Waals surface area contributed by atoms with Gasteiger partial charge in [-0.1, -0.05) is 0 Å². The van der Waals surface area contributed by atoms with E-state index < -0.39 is 0 Å². The Hall–Kier alpha value is -1.26. The number of ether oxygens (including phenoxy) is 3. The third-order valence-electron chi connectivity index (χ3n) is 3.31. The highest BCUT2D eigenvalue weighted by molar-refractivity contribution is 5.38. The Bertz CT molecular complexity index is 390. The summed E-state index contributed by atoms with van der Waals surface area (Å²) in [5, 5.41) is 0. The molecule has 0 saturated carbocycles. The second-order valence-corrected chi connectivity index (χ2v) is 5.17. The number of hydrogen-bond acceptors (Lipinski definition) is 4. The molecule has 1 aromatic rings. The molecule has 0 N–H and O–H groups in total. The van der Waals surface area contributed by atoms with Crippen LogP contribution in [0, 0.1) is 0 Å². The predicted octanol–water partition coefficient (Wildman–Crippen LogP) is 2.31. The van der Waals surface area contributed by atoms with Gasteiger partial charge in [-0.25, -0.2) is 0 Å². The zero-order valence-electron chi connectivity index (χ0n) is 12.2. The Morgan fingerprint density at radius 2 is 1.58 bits per heavy atom. The van der Waals surface area contributed by atoms with Gasteiger partial charge in [0, 0.05) is 25.7 Å². The molecular weight excluding hydrogens is 242 g/mol. The second kappa shape index (κ2) is 6.26. The molecule has 0 aromatic heterocycles. The highest BCUT2D eigenvalue weighted by Crippen LogP contribution is 2.24. The maximum absolute atomic E-state index is 5.75. The Balaban J connectivity index is 2.09. The highest BCUT2D eigenvalue weighted by atomic mass is 16.5. The zero-order valence-corrected chi connectivity index (χ0v) is 12.2. The van der Waals surface area contributed by atoms with Crippen LogP contribution in [0.4, 0.5) is 0 Å². The van der Waals surface area contributed by atoms with Gasteiger partial charge in [0.25, 0.3) is 0 Å². The van der Waals surface area contributed by atoms with E-state index in [0.29, 0.717) is 0 Å². The number of methoxy groups -OCH3 is 2. The van der Waals surface area contributed by atoms with Crippen molar-refractivity contribution in [2.75, 3.05) is 27.3 Å². The molecule has 106 valence electrons. The van der Waals surface area contributed by atoms with E-state index in [9.17, 15) is 0 Å². The Kier molecular flexibility index (Phi) is 4.66. The molecule has 0 spiro atoms. The van der Waals surface area contributed by atoms with Crippen molar-refractivity contribution in [3.63, 3.8) is 0 Å². The minimum absolute atomic E-state index is 0.288. The second-order valence-electron chi connectivity index (χ2n) is 5.17. The van der Waals surface area contributed by atoms with E-state index in [4.69, 9.17) is 14.2 Å². The van der Waals surface area contributed by atoms with Gasteiger partial charge in [-0.15, -0.1) is 0 Å². The maximum Gasteiger partial charge on any atom is 0.122 e. The standard InChI is InChI=1S/C15H23NO3/c1-11-8-16(9-12(2)19-11)10-13-5-14(17-3)7-15(6-13)18-4/h5-7,11-12H,8-10H2,1-4H3/t11-,12-/m1/s1. The molecule has 4 nitrogen and oxygen atoms in total. The minimum Gasteiger partial charge on any atom is -0.497 e. The van der Waals surface area contributed by atoms with Crippen molar-refractivity contribution in [3.05, 3.63) is 23.8 Å². The molecule has 19 heavy (non-hydrogen) atoms. The van der Waals surface area contributed by atoms with Crippen LogP contribution in [-0.4, -0.2) is 44.4 Å². The lowest BCUT2D eigenvalue weighted by molar-refractivity contribution is -0.0705. The Morgan fingerprint density at radius 1 is 1.05 bits per heavy atom. The molecule has 0 aliphatic carbocycles. The number of morpholine rings is 1. The summed E-state index contributed by atoms with van der Waals surface area (Å²) in [6, 6.07) is 6.02. The van der Waals surface area contributed by atoms with Gasteiger partial charge in [0.15, 0.2) is 0 Å². The van der Waals surface area contributed by atoms with E-state index in [1.807, 2.05) is 6.07 Å². The van der Waals surface area contributed by atoms with Crippen LogP contribution in [-0.2, 0) is 11.3 Å². The van der Waals surface area contributed by atoms with Gasteiger partial charge < -0.3 is 14.2 Å². The van der Waals surface area contributed by atoms with Crippen molar-refractivity contribution < 1.29 is 14.2 Å². The molecule has 1 aromatic carbocycles. The molecular formula is C15H23NO3. The maximum atomic E-state index is 5.75. The van der Waals surface area contributed by atoms with E-state index in [1.165, 1.54) is 5.56 Å². The van der Waals surface area contributed by atoms with Gasteiger partial charge in [-0.3, -0.25) is 4.90 Å². The molecule has 0 bridgehead atoms. The SMILES string of the molecule is COc1cc(CN2C[C@@H](C)O[C@H](C)C2)cc(OC)c1. The summed E-state index contributed by atoms with van der Waals surface area (Å²) in [4.78, 5) is 2.41. The van der Waals surface area contributed by atoms with Crippen molar-refractivity contribution >= 4 is 0 Å². The first-order valence-electron chi connectivity index (χ1n) is 6.70. The highest BCUT2D eigenvalue weighted by Gasteiger charge is 2.22. The monoisotopic (exact) mass is 265 g/mol. The van der Waals surface area contributed by atoms with E-state index in [1.54, 1.807) is 14.2 Å². The molecule has 4 heteroatoms. The van der Waals surface area contributed by atoms with Crippen LogP contribution < -0.4 is 9.47 Å². The van der Waals surface area contributed by atoms with E-state index in [2.05, 4.69) is 30.9 Å². The summed E-state index contributed by atoms with van der Waals surface area (Å²) in [5.74, 6) is 1.67. The average molecular weight is 265 g/mol. The van der Waals surface area contributed by atoms with Crippen LogP contribution in [0.3, 0.4) is 0 Å². The van der Waals surface area contributed by atoms with Gasteiger partial charge in [0.05, 0.1) is 26.4 Å². The van der Waals surface area contributed by atoms with Crippen LogP contribution in [0.15, 0.2) is 18.2 Å². The average Bonchev–Trinajstić information content (AvgIpc) is 2.37. The number of nitrogens with zero attached hydrogens (tertiary/aromatic N) is 1. The number of rotatable bonds is 4. The smallest absolute Gasteiger partial charge is 0.122 e. The Morgan fingerprint density at radius 3 is 2.05 bits per heavy atom. The molecule has 1 saturated heterocycles. The fourth-order valence-electron chi connectivity index (χ4n) is 2.63. The van der Waals surface area contributed by atoms with Crippen molar-refractivity contribution in [2.45, 2.75) is 32.6 Å². The summed E-state index contributed by atoms with van der Waals surface area (Å²) >= 11 is 0. The molecule has 1 aliphatic rings. The fraction of sp³-hybridized carbons (Fsp3) is 0.600. The summed E-state index contributed by atoms with van der Waals surface area (Å²) in [6.07, 6.45) is 0.576. The van der Waals surface area contributed by atoms with Gasteiger partial charge in [-0.05, 0) is 31.5 Å². The summed E-state index contributed by atoms with van der Waals surface area (Å²) < 4.78 is 16.4. The topological polar surface area (TPSA) is 30.9 Å². The van der Waals surface area contributed by atoms with Crippen molar-refractivity contribution in [1.29, 1.82) is 0 Å². The van der Waals surface area contributed by atoms with Crippen molar-refractivity contribution in [3.8, 4) is 11.5 Å². The largest absolute Gasteiger partial charge is 0.497 e. The van der Waals surface area contributed by atoms with E-state index in [-0.39, 0.29) is 12.2 Å². The quantitative estimate of drug-likeness (QED) is 0.836. The van der Waals surface area contributed by atoms with Crippen molar-refractivity contribution in [2.24, 2.45) is 0 Å². The fourth-order valence-corrected chi connectivity index (χ4v) is 2.63. The minimum atomic E-state index is 0.288. The van der Waals surface area contributed by atoms with Gasteiger partial charge in [-0.2, -0.15) is 0 Å². The molecule has 1 fully saturated rings. The van der Waals surface area contributed by atoms with Gasteiger partial charge in [0.2, 0.25) is 0 Å². The normalized spacial score (nSPS) is 24.2. The van der Waals surface area contributed by atoms with Crippen LogP contribution in [0.5, 0.6) is 11.5 Å². The molecule has 0 unspecified atom stereocenters. The third kappa shape index (κ3) is 3.85. The lowest BCUT2D eigenvalue weighted by atomic mass is 10.1.